The van der Waals surface area contributed by atoms with E-state index in [9.17, 15) is 32.3 Å². The SMILES string of the molecule is NCCCCCCCC(=O)NC(Cc1ccccc1)C(=O)NC(Cc1ccccc1)C(=O)NCCNC(=O)O.O=C(O)C(F)(F)F. The fraction of sp³-hybridized carbons (Fsp3) is 0.452. The van der Waals surface area contributed by atoms with Gasteiger partial charge in [0.25, 0.3) is 0 Å². The lowest BCUT2D eigenvalue weighted by Gasteiger charge is -2.23. The molecule has 46 heavy (non-hydrogen) atoms. The summed E-state index contributed by atoms with van der Waals surface area (Å²) in [4.78, 5) is 58.7. The molecule has 2 unspecified atom stereocenters. The Morgan fingerprint density at radius 1 is 0.674 bits per heavy atom. The van der Waals surface area contributed by atoms with Crippen LogP contribution in [0.4, 0.5) is 18.0 Å². The van der Waals surface area contributed by atoms with Gasteiger partial charge in [0.1, 0.15) is 12.1 Å². The zero-order valence-corrected chi connectivity index (χ0v) is 25.4. The fourth-order valence-corrected chi connectivity index (χ4v) is 4.10. The van der Waals surface area contributed by atoms with Gasteiger partial charge in [0.15, 0.2) is 0 Å². The Bertz CT molecular complexity index is 1220. The number of carboxylic acids is 1. The van der Waals surface area contributed by atoms with E-state index in [-0.39, 0.29) is 31.8 Å². The van der Waals surface area contributed by atoms with Crippen molar-refractivity contribution in [2.24, 2.45) is 5.73 Å². The molecule has 2 aromatic rings. The Morgan fingerprint density at radius 3 is 1.61 bits per heavy atom. The van der Waals surface area contributed by atoms with Crippen molar-refractivity contribution in [3.63, 3.8) is 0 Å². The van der Waals surface area contributed by atoms with Crippen molar-refractivity contribution >= 4 is 29.8 Å². The minimum absolute atomic E-state index is 0.0337. The molecule has 0 bridgehead atoms. The first kappa shape index (κ1) is 39.4. The van der Waals surface area contributed by atoms with E-state index in [0.717, 1.165) is 43.2 Å². The molecule has 8 N–H and O–H groups in total. The van der Waals surface area contributed by atoms with E-state index in [4.69, 9.17) is 20.7 Å². The van der Waals surface area contributed by atoms with Crippen LogP contribution in [0.1, 0.15) is 49.7 Å². The second-order valence-corrected chi connectivity index (χ2v) is 10.2. The smallest absolute Gasteiger partial charge is 0.475 e. The Hall–Kier alpha value is -4.66. The maximum Gasteiger partial charge on any atom is 0.490 e. The quantitative estimate of drug-likeness (QED) is 0.119. The average molecular weight is 654 g/mol. The fourth-order valence-electron chi connectivity index (χ4n) is 4.10. The molecule has 4 amide bonds. The number of nitrogens with two attached hydrogens (primary N) is 1. The summed E-state index contributed by atoms with van der Waals surface area (Å²) in [6.07, 6.45) is -0.792. The number of halogens is 3. The van der Waals surface area contributed by atoms with E-state index in [1.807, 2.05) is 60.7 Å². The molecule has 0 aliphatic heterocycles. The second-order valence-electron chi connectivity index (χ2n) is 10.2. The van der Waals surface area contributed by atoms with Crippen molar-refractivity contribution in [1.29, 1.82) is 0 Å². The van der Waals surface area contributed by atoms with Crippen molar-refractivity contribution in [3.05, 3.63) is 71.8 Å². The molecule has 2 rings (SSSR count). The molecule has 0 radical (unpaired) electrons. The Kier molecular flexibility index (Phi) is 18.8. The van der Waals surface area contributed by atoms with Crippen LogP contribution in [0.5, 0.6) is 0 Å². The van der Waals surface area contributed by atoms with E-state index in [1.165, 1.54) is 0 Å². The highest BCUT2D eigenvalue weighted by Gasteiger charge is 2.38. The third-order valence-corrected chi connectivity index (χ3v) is 6.40. The molecule has 0 aromatic heterocycles. The number of alkyl halides is 3. The predicted octanol–water partition coefficient (Wildman–Crippen LogP) is 2.76. The Balaban J connectivity index is 0.00000135. The zero-order valence-electron chi connectivity index (χ0n) is 25.4. The Morgan fingerprint density at radius 2 is 1.13 bits per heavy atom. The van der Waals surface area contributed by atoms with Crippen molar-refractivity contribution in [2.45, 2.75) is 69.6 Å². The van der Waals surface area contributed by atoms with Crippen molar-refractivity contribution in [2.75, 3.05) is 19.6 Å². The topological polar surface area (TPSA) is 200 Å². The number of hydrogen-bond acceptors (Lipinski definition) is 6. The Labute approximate surface area is 265 Å². The number of carbonyl (C=O) groups is 5. The third-order valence-electron chi connectivity index (χ3n) is 6.40. The van der Waals surface area contributed by atoms with Crippen LogP contribution < -0.4 is 27.0 Å². The van der Waals surface area contributed by atoms with Gasteiger partial charge in [0, 0.05) is 32.4 Å². The van der Waals surface area contributed by atoms with Gasteiger partial charge in [-0.2, -0.15) is 13.2 Å². The molecule has 12 nitrogen and oxygen atoms in total. The van der Waals surface area contributed by atoms with E-state index < -0.39 is 42.1 Å². The van der Waals surface area contributed by atoms with Crippen LogP contribution >= 0.6 is 0 Å². The number of amides is 4. The average Bonchev–Trinajstić information content (AvgIpc) is 3.01. The molecule has 0 spiro atoms. The predicted molar refractivity (Wildman–Crippen MR) is 164 cm³/mol. The van der Waals surface area contributed by atoms with Crippen LogP contribution in [-0.2, 0) is 32.0 Å². The van der Waals surface area contributed by atoms with Gasteiger partial charge >= 0.3 is 18.2 Å². The summed E-state index contributed by atoms with van der Waals surface area (Å²) < 4.78 is 31.7. The number of unbranched alkanes of at least 4 members (excludes halogenated alkanes) is 4. The summed E-state index contributed by atoms with van der Waals surface area (Å²) in [7, 11) is 0. The molecule has 0 saturated carbocycles. The van der Waals surface area contributed by atoms with Gasteiger partial charge in [-0.15, -0.1) is 0 Å². The number of nitrogens with one attached hydrogen (secondary N) is 4. The van der Waals surface area contributed by atoms with Gasteiger partial charge in [-0.25, -0.2) is 9.59 Å². The summed E-state index contributed by atoms with van der Waals surface area (Å²) in [5.41, 5.74) is 7.25. The molecule has 0 aliphatic carbocycles. The molecular formula is C31H42F3N5O7. The maximum absolute atomic E-state index is 13.4. The summed E-state index contributed by atoms with van der Waals surface area (Å²) in [6, 6.07) is 16.9. The van der Waals surface area contributed by atoms with Crippen LogP contribution in [-0.4, -0.2) is 77.9 Å². The van der Waals surface area contributed by atoms with E-state index in [1.54, 1.807) is 0 Å². The molecule has 0 saturated heterocycles. The normalized spacial score (nSPS) is 12.0. The molecule has 2 atom stereocenters. The second kappa shape index (κ2) is 21.9. The largest absolute Gasteiger partial charge is 0.490 e. The lowest BCUT2D eigenvalue weighted by atomic mass is 10.0. The van der Waals surface area contributed by atoms with Crippen LogP contribution in [0, 0.1) is 0 Å². The number of hydrogen-bond donors (Lipinski definition) is 7. The highest BCUT2D eigenvalue weighted by atomic mass is 19.4. The van der Waals surface area contributed by atoms with Crippen molar-refractivity contribution < 1.29 is 47.4 Å². The number of aliphatic carboxylic acids is 1. The van der Waals surface area contributed by atoms with Gasteiger partial charge in [-0.3, -0.25) is 14.4 Å². The molecule has 0 heterocycles. The number of benzene rings is 2. The lowest BCUT2D eigenvalue weighted by Crippen LogP contribution is -2.55. The third kappa shape index (κ3) is 18.2. The molecular weight excluding hydrogens is 611 g/mol. The first-order valence-corrected chi connectivity index (χ1v) is 14.8. The van der Waals surface area contributed by atoms with E-state index in [0.29, 0.717) is 13.0 Å². The summed E-state index contributed by atoms with van der Waals surface area (Å²) in [5, 5.41) is 26.4. The maximum atomic E-state index is 13.4. The minimum atomic E-state index is -5.08. The lowest BCUT2D eigenvalue weighted by molar-refractivity contribution is -0.192. The van der Waals surface area contributed by atoms with Gasteiger partial charge in [0.2, 0.25) is 17.7 Å². The van der Waals surface area contributed by atoms with Crippen LogP contribution in [0.25, 0.3) is 0 Å². The first-order chi connectivity index (χ1) is 21.8. The van der Waals surface area contributed by atoms with Crippen molar-refractivity contribution in [1.82, 2.24) is 21.3 Å². The summed E-state index contributed by atoms with van der Waals surface area (Å²) >= 11 is 0. The van der Waals surface area contributed by atoms with Crippen LogP contribution in [0.15, 0.2) is 60.7 Å². The molecule has 0 fully saturated rings. The van der Waals surface area contributed by atoms with Crippen LogP contribution in [0.3, 0.4) is 0 Å². The van der Waals surface area contributed by atoms with Gasteiger partial charge in [0.05, 0.1) is 0 Å². The molecule has 2 aromatic carbocycles. The first-order valence-electron chi connectivity index (χ1n) is 14.8. The molecule has 0 aliphatic rings. The molecule has 15 heteroatoms. The van der Waals surface area contributed by atoms with Gasteiger partial charge in [-0.1, -0.05) is 79.9 Å². The van der Waals surface area contributed by atoms with Crippen LogP contribution in [0.2, 0.25) is 0 Å². The summed E-state index contributed by atoms with van der Waals surface area (Å²) in [6.45, 7) is 0.771. The van der Waals surface area contributed by atoms with E-state index in [2.05, 4.69) is 21.3 Å². The number of rotatable bonds is 18. The highest BCUT2D eigenvalue weighted by molar-refractivity contribution is 5.92. The standard InChI is InChI=1S/C29H41N5O5.C2HF3O2/c30-17-11-3-1-2-10-16-26(35)33-25(21-23-14-8-5-9-15-23)28(37)34-24(20-22-12-6-4-7-13-22)27(36)31-18-19-32-29(38)39;3-2(4,5)1(6)7/h4-9,12-15,24-25,32H,1-3,10-11,16-21,30H2,(H,31,36)(H,33,35)(H,34,37)(H,38,39);(H,6,7). The minimum Gasteiger partial charge on any atom is -0.475 e. The van der Waals surface area contributed by atoms with E-state index >= 15 is 0 Å². The summed E-state index contributed by atoms with van der Waals surface area (Å²) in [5.74, 6) is -3.88. The number of carbonyl (C=O) groups excluding carboxylic acids is 3. The monoisotopic (exact) mass is 653 g/mol. The van der Waals surface area contributed by atoms with Crippen molar-refractivity contribution in [3.8, 4) is 0 Å². The van der Waals surface area contributed by atoms with Gasteiger partial charge in [-0.05, 0) is 30.5 Å². The zero-order chi connectivity index (χ0) is 34.4. The molecule has 254 valence electrons. The van der Waals surface area contributed by atoms with Gasteiger partial charge < -0.3 is 37.2 Å². The highest BCUT2D eigenvalue weighted by Crippen LogP contribution is 2.13. The number of carboxylic acid groups (broad SMARTS) is 2.